The van der Waals surface area contributed by atoms with Crippen molar-refractivity contribution in [1.82, 2.24) is 9.13 Å². The van der Waals surface area contributed by atoms with Crippen LogP contribution in [-0.4, -0.2) is 21.7 Å². The Morgan fingerprint density at radius 1 is 1.00 bits per heavy atom. The number of benzene rings is 4. The number of hydrogen-bond donors (Lipinski definition) is 0. The number of rotatable bonds is 7. The predicted octanol–water partition coefficient (Wildman–Crippen LogP) is 7.38. The van der Waals surface area contributed by atoms with E-state index in [1.165, 1.54) is 28.0 Å². The number of ether oxygens (including phenoxy) is 1. The van der Waals surface area contributed by atoms with E-state index in [2.05, 4.69) is 4.57 Å². The van der Waals surface area contributed by atoms with Gasteiger partial charge in [0.1, 0.15) is 5.82 Å². The summed E-state index contributed by atoms with van der Waals surface area (Å²) in [7, 11) is 0. The molecule has 1 aliphatic rings. The predicted molar refractivity (Wildman–Crippen MR) is 185 cm³/mol. The lowest BCUT2D eigenvalue weighted by Crippen LogP contribution is -2.40. The molecule has 0 spiro atoms. The second kappa shape index (κ2) is 12.8. The molecule has 0 aliphatic carbocycles. The Kier molecular flexibility index (Phi) is 8.40. The molecule has 0 saturated carbocycles. The Bertz CT molecular complexity index is 2380. The average molecular weight is 683 g/mol. The third-order valence-electron chi connectivity index (χ3n) is 8.02. The molecule has 0 saturated heterocycles. The topological polar surface area (TPSA) is 65.6 Å². The molecule has 1 aliphatic heterocycles. The maximum absolute atomic E-state index is 14.3. The average Bonchev–Trinajstić information content (AvgIpc) is 3.58. The van der Waals surface area contributed by atoms with Crippen LogP contribution in [0.4, 0.5) is 4.39 Å². The Labute approximate surface area is 282 Å². The fraction of sp³-hybridized carbons (Fsp3) is 0.108. The first-order valence-electron chi connectivity index (χ1n) is 14.9. The number of thiazole rings is 1. The van der Waals surface area contributed by atoms with Gasteiger partial charge in [0.05, 0.1) is 28.5 Å². The van der Waals surface area contributed by atoms with Gasteiger partial charge in [-0.05, 0) is 54.5 Å². The summed E-state index contributed by atoms with van der Waals surface area (Å²) in [6, 6.07) is 27.6. The van der Waals surface area contributed by atoms with E-state index in [4.69, 9.17) is 32.9 Å². The van der Waals surface area contributed by atoms with Crippen LogP contribution in [0.1, 0.15) is 35.2 Å². The van der Waals surface area contributed by atoms with Gasteiger partial charge in [-0.3, -0.25) is 9.36 Å². The molecule has 3 heterocycles. The van der Waals surface area contributed by atoms with E-state index in [0.29, 0.717) is 42.7 Å². The van der Waals surface area contributed by atoms with Gasteiger partial charge in [0.25, 0.3) is 5.56 Å². The Morgan fingerprint density at radius 2 is 1.74 bits per heavy atom. The molecule has 0 amide bonds. The van der Waals surface area contributed by atoms with E-state index in [0.717, 1.165) is 22.0 Å². The normalized spacial score (nSPS) is 14.7. The first-order chi connectivity index (χ1) is 22.8. The number of nitrogens with zero attached hydrogens (tertiary/aromatic N) is 3. The number of esters is 1. The molecule has 2 aromatic heterocycles. The summed E-state index contributed by atoms with van der Waals surface area (Å²) < 4.78 is 23.6. The lowest BCUT2D eigenvalue weighted by molar-refractivity contribution is -0.138. The number of fused-ring (bicyclic) bond motifs is 2. The molecule has 0 fully saturated rings. The van der Waals surface area contributed by atoms with Gasteiger partial charge in [-0.1, -0.05) is 101 Å². The Balaban J connectivity index is 1.44. The molecule has 6 aromatic rings. The molecular weight excluding hydrogens is 656 g/mol. The molecule has 0 radical (unpaired) electrons. The van der Waals surface area contributed by atoms with Crippen molar-refractivity contribution in [3.8, 4) is 0 Å². The van der Waals surface area contributed by atoms with E-state index in [9.17, 15) is 14.0 Å². The number of halogens is 3. The fourth-order valence-electron chi connectivity index (χ4n) is 5.90. The van der Waals surface area contributed by atoms with Gasteiger partial charge >= 0.3 is 5.97 Å². The lowest BCUT2D eigenvalue weighted by Gasteiger charge is -2.25. The fourth-order valence-corrected chi connectivity index (χ4v) is 7.36. The molecule has 7 rings (SSSR count). The molecule has 234 valence electrons. The number of carbonyl (C=O) groups excluding carboxylic acids is 1. The van der Waals surface area contributed by atoms with Gasteiger partial charge in [-0.15, -0.1) is 0 Å². The van der Waals surface area contributed by atoms with Crippen molar-refractivity contribution in [2.45, 2.75) is 19.5 Å². The highest BCUT2D eigenvalue weighted by Crippen LogP contribution is 2.35. The van der Waals surface area contributed by atoms with Gasteiger partial charge in [-0.2, -0.15) is 0 Å². The van der Waals surface area contributed by atoms with Gasteiger partial charge in [0.2, 0.25) is 0 Å². The summed E-state index contributed by atoms with van der Waals surface area (Å²) in [5.41, 5.74) is 4.25. The summed E-state index contributed by atoms with van der Waals surface area (Å²) in [6.45, 7) is 2.36. The first kappa shape index (κ1) is 30.9. The second-order valence-electron chi connectivity index (χ2n) is 10.9. The van der Waals surface area contributed by atoms with Crippen molar-refractivity contribution in [2.75, 3.05) is 6.61 Å². The Hall–Kier alpha value is -4.76. The summed E-state index contributed by atoms with van der Waals surface area (Å²) in [5.74, 6) is -1.02. The highest BCUT2D eigenvalue weighted by molar-refractivity contribution is 7.07. The minimum absolute atomic E-state index is 0.135. The SMILES string of the molecule is CCOC(=O)C1=C(c2ccccc2)N=c2s/c(=C\c3cn(Cc4ccc(Cl)cc4Cl)c4ccccc34)c(=O)n2[C@H]1c1ccc(F)cc1. The van der Waals surface area contributed by atoms with Crippen molar-refractivity contribution in [3.05, 3.63) is 167 Å². The van der Waals surface area contributed by atoms with E-state index in [1.54, 1.807) is 25.1 Å². The zero-order valence-electron chi connectivity index (χ0n) is 25.0. The van der Waals surface area contributed by atoms with Crippen LogP contribution < -0.4 is 14.9 Å². The molecule has 0 bridgehead atoms. The molecule has 6 nitrogen and oxygen atoms in total. The van der Waals surface area contributed by atoms with E-state index in [1.807, 2.05) is 79.0 Å². The van der Waals surface area contributed by atoms with Crippen LogP contribution in [0.2, 0.25) is 10.0 Å². The number of para-hydroxylation sites is 1. The highest BCUT2D eigenvalue weighted by Gasteiger charge is 2.35. The Morgan fingerprint density at radius 3 is 2.49 bits per heavy atom. The van der Waals surface area contributed by atoms with Crippen LogP contribution in [0, 0.1) is 5.82 Å². The number of hydrogen-bond acceptors (Lipinski definition) is 5. The van der Waals surface area contributed by atoms with Crippen LogP contribution in [0.5, 0.6) is 0 Å². The highest BCUT2D eigenvalue weighted by atomic mass is 35.5. The zero-order valence-corrected chi connectivity index (χ0v) is 27.3. The monoisotopic (exact) mass is 681 g/mol. The van der Waals surface area contributed by atoms with Crippen molar-refractivity contribution in [1.29, 1.82) is 0 Å². The molecular formula is C37H26Cl2FN3O3S. The summed E-state index contributed by atoms with van der Waals surface area (Å²) in [4.78, 5) is 33.3. The van der Waals surface area contributed by atoms with Gasteiger partial charge in [0.15, 0.2) is 4.80 Å². The molecule has 10 heteroatoms. The van der Waals surface area contributed by atoms with Crippen molar-refractivity contribution in [3.63, 3.8) is 0 Å². The smallest absolute Gasteiger partial charge is 0.338 e. The molecule has 0 N–H and O–H groups in total. The number of carbonyl (C=O) groups is 1. The third-order valence-corrected chi connectivity index (χ3v) is 9.59. The summed E-state index contributed by atoms with van der Waals surface area (Å²) in [5, 5.41) is 2.08. The third kappa shape index (κ3) is 5.84. The molecule has 4 aromatic carbocycles. The van der Waals surface area contributed by atoms with Crippen LogP contribution in [-0.2, 0) is 16.1 Å². The molecule has 0 unspecified atom stereocenters. The van der Waals surface area contributed by atoms with Gasteiger partial charge < -0.3 is 9.30 Å². The summed E-state index contributed by atoms with van der Waals surface area (Å²) >= 11 is 13.9. The maximum atomic E-state index is 14.3. The van der Waals surface area contributed by atoms with Crippen molar-refractivity contribution in [2.24, 2.45) is 4.99 Å². The quantitative estimate of drug-likeness (QED) is 0.165. The maximum Gasteiger partial charge on any atom is 0.338 e. The molecule has 47 heavy (non-hydrogen) atoms. The largest absolute Gasteiger partial charge is 0.463 e. The molecule has 1 atom stereocenters. The minimum atomic E-state index is -0.892. The van der Waals surface area contributed by atoms with Crippen molar-refractivity contribution >= 4 is 63.2 Å². The van der Waals surface area contributed by atoms with Gasteiger partial charge in [-0.25, -0.2) is 14.2 Å². The zero-order chi connectivity index (χ0) is 32.7. The van der Waals surface area contributed by atoms with Crippen LogP contribution in [0.3, 0.4) is 0 Å². The second-order valence-corrected chi connectivity index (χ2v) is 12.8. The van der Waals surface area contributed by atoms with Gasteiger partial charge in [0, 0.05) is 44.8 Å². The minimum Gasteiger partial charge on any atom is -0.463 e. The van der Waals surface area contributed by atoms with E-state index >= 15 is 0 Å². The lowest BCUT2D eigenvalue weighted by atomic mass is 9.93. The van der Waals surface area contributed by atoms with Crippen LogP contribution in [0.25, 0.3) is 22.7 Å². The number of aromatic nitrogens is 2. The van der Waals surface area contributed by atoms with Crippen LogP contribution in [0.15, 0.2) is 119 Å². The van der Waals surface area contributed by atoms with Crippen molar-refractivity contribution < 1.29 is 13.9 Å². The standard InChI is InChI=1S/C37H26Cl2FN3O3S/c1-2-46-36(45)32-33(22-8-4-3-5-9-22)41-37-43(34(32)23-13-16-27(40)17-14-23)35(44)31(47-37)18-25-21-42(30-11-7-6-10-28(25)30)20-24-12-15-26(38)19-29(24)39/h3-19,21,34H,2,20H2,1H3/b31-18-/t34-/m0/s1. The van der Waals surface area contributed by atoms with E-state index in [-0.39, 0.29) is 17.7 Å². The van der Waals surface area contributed by atoms with Crippen LogP contribution >= 0.6 is 34.5 Å². The van der Waals surface area contributed by atoms with E-state index < -0.39 is 17.8 Å². The first-order valence-corrected chi connectivity index (χ1v) is 16.5. The summed E-state index contributed by atoms with van der Waals surface area (Å²) in [6.07, 6.45) is 3.84.